The molecule has 0 saturated heterocycles. The fourth-order valence-electron chi connectivity index (χ4n) is 1.86. The summed E-state index contributed by atoms with van der Waals surface area (Å²) in [5.74, 6) is -0.398. The number of amides is 1. The van der Waals surface area contributed by atoms with E-state index in [1.165, 1.54) is 30.8 Å². The smallest absolute Gasteiger partial charge is 0.332 e. The Morgan fingerprint density at radius 3 is 2.65 bits per heavy atom. The standard InChI is InChI=1S/C12H15N5O3/c1-16-9-7(11(19)17(2)12(16)20)3-4-8(15-9)10(18)14-6-5-13/h3-4H,5-6,13H2,1-2H3,(H,14,18). The molecule has 0 saturated carbocycles. The Balaban J connectivity index is 2.63. The summed E-state index contributed by atoms with van der Waals surface area (Å²) >= 11 is 0. The Kier molecular flexibility index (Phi) is 3.66. The predicted molar refractivity (Wildman–Crippen MR) is 73.6 cm³/mol. The van der Waals surface area contributed by atoms with Crippen molar-refractivity contribution in [1.29, 1.82) is 0 Å². The fraction of sp³-hybridized carbons (Fsp3) is 0.333. The molecule has 0 atom stereocenters. The average Bonchev–Trinajstić information content (AvgIpc) is 2.47. The normalized spacial score (nSPS) is 10.8. The van der Waals surface area contributed by atoms with Gasteiger partial charge in [-0.3, -0.25) is 18.7 Å². The zero-order valence-electron chi connectivity index (χ0n) is 11.2. The molecule has 0 fully saturated rings. The molecule has 0 unspecified atom stereocenters. The Labute approximate surface area is 113 Å². The number of aryl methyl sites for hydroxylation is 1. The highest BCUT2D eigenvalue weighted by Crippen LogP contribution is 2.06. The van der Waals surface area contributed by atoms with Gasteiger partial charge >= 0.3 is 5.69 Å². The molecule has 0 bridgehead atoms. The lowest BCUT2D eigenvalue weighted by Gasteiger charge is -2.08. The number of fused-ring (bicyclic) bond motifs is 1. The lowest BCUT2D eigenvalue weighted by Crippen LogP contribution is -2.37. The molecule has 2 aromatic heterocycles. The number of nitrogens with two attached hydrogens (primary N) is 1. The molecule has 0 aliphatic heterocycles. The SMILES string of the molecule is Cn1c(=O)c2ccc(C(=O)NCCN)nc2n(C)c1=O. The monoisotopic (exact) mass is 277 g/mol. The maximum atomic E-state index is 11.9. The summed E-state index contributed by atoms with van der Waals surface area (Å²) in [4.78, 5) is 39.7. The first-order valence-corrected chi connectivity index (χ1v) is 6.02. The van der Waals surface area contributed by atoms with Gasteiger partial charge in [0.15, 0.2) is 0 Å². The van der Waals surface area contributed by atoms with Gasteiger partial charge in [-0.1, -0.05) is 0 Å². The maximum absolute atomic E-state index is 11.9. The van der Waals surface area contributed by atoms with E-state index >= 15 is 0 Å². The van der Waals surface area contributed by atoms with E-state index in [0.717, 1.165) is 4.57 Å². The molecule has 0 aliphatic carbocycles. The molecule has 0 aliphatic rings. The summed E-state index contributed by atoms with van der Waals surface area (Å²) in [6.07, 6.45) is 0. The van der Waals surface area contributed by atoms with Crippen molar-refractivity contribution in [3.05, 3.63) is 38.7 Å². The molecule has 106 valence electrons. The number of rotatable bonds is 3. The van der Waals surface area contributed by atoms with Gasteiger partial charge in [0, 0.05) is 27.2 Å². The number of carbonyl (C=O) groups excluding carboxylic acids is 1. The van der Waals surface area contributed by atoms with E-state index in [-0.39, 0.29) is 16.7 Å². The van der Waals surface area contributed by atoms with Gasteiger partial charge in [0.1, 0.15) is 11.3 Å². The van der Waals surface area contributed by atoms with Crippen molar-refractivity contribution in [2.75, 3.05) is 13.1 Å². The highest BCUT2D eigenvalue weighted by molar-refractivity contribution is 5.94. The largest absolute Gasteiger partial charge is 0.349 e. The number of carbonyl (C=O) groups is 1. The number of hydrogen-bond donors (Lipinski definition) is 2. The number of nitrogens with zero attached hydrogens (tertiary/aromatic N) is 3. The van der Waals surface area contributed by atoms with Crippen molar-refractivity contribution in [2.45, 2.75) is 0 Å². The van der Waals surface area contributed by atoms with Gasteiger partial charge in [0.05, 0.1) is 5.39 Å². The first kappa shape index (κ1) is 13.9. The molecule has 0 aromatic carbocycles. The van der Waals surface area contributed by atoms with Gasteiger partial charge in [-0.25, -0.2) is 9.78 Å². The van der Waals surface area contributed by atoms with Crippen LogP contribution in [0, 0.1) is 0 Å². The first-order valence-electron chi connectivity index (χ1n) is 6.02. The molecular formula is C12H15N5O3. The van der Waals surface area contributed by atoms with Gasteiger partial charge in [-0.05, 0) is 12.1 Å². The van der Waals surface area contributed by atoms with Gasteiger partial charge in [0.25, 0.3) is 11.5 Å². The minimum Gasteiger partial charge on any atom is -0.349 e. The summed E-state index contributed by atoms with van der Waals surface area (Å²) in [5, 5.41) is 2.86. The summed E-state index contributed by atoms with van der Waals surface area (Å²) in [7, 11) is 2.89. The fourth-order valence-corrected chi connectivity index (χ4v) is 1.86. The van der Waals surface area contributed by atoms with Crippen LogP contribution in [0.3, 0.4) is 0 Å². The van der Waals surface area contributed by atoms with Crippen molar-refractivity contribution in [3.63, 3.8) is 0 Å². The minimum absolute atomic E-state index is 0.134. The lowest BCUT2D eigenvalue weighted by molar-refractivity contribution is 0.0950. The highest BCUT2D eigenvalue weighted by Gasteiger charge is 2.13. The van der Waals surface area contributed by atoms with Crippen LogP contribution in [0.5, 0.6) is 0 Å². The molecule has 2 aromatic rings. The van der Waals surface area contributed by atoms with Crippen LogP contribution >= 0.6 is 0 Å². The van der Waals surface area contributed by atoms with E-state index in [9.17, 15) is 14.4 Å². The van der Waals surface area contributed by atoms with E-state index in [1.807, 2.05) is 0 Å². The van der Waals surface area contributed by atoms with Crippen molar-refractivity contribution >= 4 is 16.9 Å². The molecule has 1 amide bonds. The van der Waals surface area contributed by atoms with Gasteiger partial charge in [-0.2, -0.15) is 0 Å². The van der Waals surface area contributed by atoms with Gasteiger partial charge in [-0.15, -0.1) is 0 Å². The van der Waals surface area contributed by atoms with Crippen LogP contribution in [0.25, 0.3) is 11.0 Å². The van der Waals surface area contributed by atoms with Crippen LogP contribution in [0.1, 0.15) is 10.5 Å². The molecule has 0 radical (unpaired) electrons. The van der Waals surface area contributed by atoms with Crippen LogP contribution in [0.15, 0.2) is 21.7 Å². The van der Waals surface area contributed by atoms with Crippen LogP contribution in [0.2, 0.25) is 0 Å². The van der Waals surface area contributed by atoms with Crippen LogP contribution in [-0.4, -0.2) is 33.1 Å². The van der Waals surface area contributed by atoms with E-state index in [0.29, 0.717) is 13.1 Å². The second kappa shape index (κ2) is 5.25. The molecule has 2 heterocycles. The number of hydrogen-bond acceptors (Lipinski definition) is 5. The van der Waals surface area contributed by atoms with E-state index < -0.39 is 17.2 Å². The van der Waals surface area contributed by atoms with Crippen LogP contribution in [-0.2, 0) is 14.1 Å². The Morgan fingerprint density at radius 2 is 2.00 bits per heavy atom. The zero-order chi connectivity index (χ0) is 14.9. The summed E-state index contributed by atoms with van der Waals surface area (Å²) in [5.41, 5.74) is 4.68. The van der Waals surface area contributed by atoms with E-state index in [2.05, 4.69) is 10.3 Å². The summed E-state index contributed by atoms with van der Waals surface area (Å²) in [6, 6.07) is 2.93. The third kappa shape index (κ3) is 2.21. The Bertz CT molecular complexity index is 790. The topological polar surface area (TPSA) is 112 Å². The molecule has 20 heavy (non-hydrogen) atoms. The van der Waals surface area contributed by atoms with Crippen molar-refractivity contribution in [2.24, 2.45) is 19.8 Å². The average molecular weight is 277 g/mol. The number of aromatic nitrogens is 3. The molecule has 3 N–H and O–H groups in total. The van der Waals surface area contributed by atoms with Gasteiger partial charge < -0.3 is 11.1 Å². The second-order valence-corrected chi connectivity index (χ2v) is 4.32. The number of pyridine rings is 1. The van der Waals surface area contributed by atoms with E-state index in [1.54, 1.807) is 0 Å². The van der Waals surface area contributed by atoms with Crippen LogP contribution < -0.4 is 22.3 Å². The predicted octanol–water partition coefficient (Wildman–Crippen LogP) is -1.68. The molecule has 0 spiro atoms. The number of nitrogens with one attached hydrogen (secondary N) is 1. The Hall–Kier alpha value is -2.48. The third-order valence-corrected chi connectivity index (χ3v) is 2.96. The lowest BCUT2D eigenvalue weighted by atomic mass is 10.2. The summed E-state index contributed by atoms with van der Waals surface area (Å²) in [6.45, 7) is 0.645. The minimum atomic E-state index is -0.491. The van der Waals surface area contributed by atoms with Crippen molar-refractivity contribution in [1.82, 2.24) is 19.4 Å². The molecule has 2 rings (SSSR count). The quantitative estimate of drug-likeness (QED) is 0.696. The second-order valence-electron chi connectivity index (χ2n) is 4.32. The molecule has 8 heteroatoms. The van der Waals surface area contributed by atoms with E-state index in [4.69, 9.17) is 5.73 Å². The highest BCUT2D eigenvalue weighted by atomic mass is 16.2. The first-order chi connectivity index (χ1) is 9.47. The zero-order valence-corrected chi connectivity index (χ0v) is 11.2. The maximum Gasteiger partial charge on any atom is 0.332 e. The summed E-state index contributed by atoms with van der Waals surface area (Å²) < 4.78 is 2.23. The molecular weight excluding hydrogens is 262 g/mol. The van der Waals surface area contributed by atoms with Gasteiger partial charge in [0.2, 0.25) is 0 Å². The Morgan fingerprint density at radius 1 is 1.30 bits per heavy atom. The third-order valence-electron chi connectivity index (χ3n) is 2.96. The van der Waals surface area contributed by atoms with Crippen LogP contribution in [0.4, 0.5) is 0 Å². The molecule has 8 nitrogen and oxygen atoms in total. The van der Waals surface area contributed by atoms with Crippen molar-refractivity contribution < 1.29 is 4.79 Å². The van der Waals surface area contributed by atoms with Crippen molar-refractivity contribution in [3.8, 4) is 0 Å².